The Morgan fingerprint density at radius 1 is 1.00 bits per heavy atom. The maximum absolute atomic E-state index is 12.8. The summed E-state index contributed by atoms with van der Waals surface area (Å²) in [5, 5.41) is 9.00. The van der Waals surface area contributed by atoms with Crippen LogP contribution in [0.5, 0.6) is 0 Å². The summed E-state index contributed by atoms with van der Waals surface area (Å²) in [6, 6.07) is 7.48. The van der Waals surface area contributed by atoms with Crippen molar-refractivity contribution in [2.45, 2.75) is 35.8 Å². The minimum absolute atomic E-state index is 0. The van der Waals surface area contributed by atoms with Crippen LogP contribution in [0.3, 0.4) is 0 Å². The fraction of sp³-hybridized carbons (Fsp3) is 0.458. The third-order valence-electron chi connectivity index (χ3n) is 7.00. The molecule has 0 N–H and O–H groups in total. The zero-order valence-electron chi connectivity index (χ0n) is 19.7. The summed E-state index contributed by atoms with van der Waals surface area (Å²) in [6.07, 6.45) is -5.56. The van der Waals surface area contributed by atoms with Crippen LogP contribution in [0.15, 0.2) is 47.8 Å². The summed E-state index contributed by atoms with van der Waals surface area (Å²) in [6.45, 7) is 2.61. The number of likely N-dealkylation sites (tertiary alicyclic amines) is 1. The molecular formula is C24H24ClF6N5S. The van der Waals surface area contributed by atoms with E-state index in [1.54, 1.807) is 17.7 Å². The monoisotopic (exact) mass is 563 g/mol. The second kappa shape index (κ2) is 10.1. The van der Waals surface area contributed by atoms with Crippen molar-refractivity contribution >= 4 is 24.2 Å². The first-order chi connectivity index (χ1) is 17.0. The van der Waals surface area contributed by atoms with Gasteiger partial charge in [0.25, 0.3) is 0 Å². The molecule has 1 aliphatic carbocycles. The highest BCUT2D eigenvalue weighted by Crippen LogP contribution is 2.59. The molecule has 1 aliphatic heterocycles. The molecule has 200 valence electrons. The number of hydrogen-bond donors (Lipinski definition) is 0. The molecule has 2 aromatic heterocycles. The lowest BCUT2D eigenvalue weighted by Gasteiger charge is -2.21. The minimum Gasteiger partial charge on any atom is -0.305 e. The first-order valence-corrected chi connectivity index (χ1v) is 12.4. The summed E-state index contributed by atoms with van der Waals surface area (Å²) in [5.41, 5.74) is -0.211. The van der Waals surface area contributed by atoms with Crippen molar-refractivity contribution in [3.05, 3.63) is 59.4 Å². The van der Waals surface area contributed by atoms with Crippen molar-refractivity contribution in [1.82, 2.24) is 24.6 Å². The van der Waals surface area contributed by atoms with E-state index in [4.69, 9.17) is 0 Å². The van der Waals surface area contributed by atoms with Crippen molar-refractivity contribution in [2.24, 2.45) is 13.0 Å². The van der Waals surface area contributed by atoms with E-state index in [1.807, 2.05) is 0 Å². The molecule has 1 aromatic carbocycles. The van der Waals surface area contributed by atoms with Crippen molar-refractivity contribution < 1.29 is 26.3 Å². The molecule has 0 amide bonds. The molecule has 5 nitrogen and oxygen atoms in total. The number of pyridine rings is 1. The quantitative estimate of drug-likeness (QED) is 0.198. The number of thioether (sulfide) groups is 1. The van der Waals surface area contributed by atoms with Gasteiger partial charge < -0.3 is 9.47 Å². The molecule has 1 unspecified atom stereocenters. The highest BCUT2D eigenvalue weighted by atomic mass is 35.5. The van der Waals surface area contributed by atoms with Crippen molar-refractivity contribution in [1.29, 1.82) is 0 Å². The summed E-state index contributed by atoms with van der Waals surface area (Å²) in [7, 11) is 1.78. The second-order valence-corrected chi connectivity index (χ2v) is 10.4. The third kappa shape index (κ3) is 5.61. The van der Waals surface area contributed by atoms with E-state index in [0.717, 1.165) is 62.0 Å². The number of aromatic nitrogens is 4. The second-order valence-electron chi connectivity index (χ2n) is 9.36. The van der Waals surface area contributed by atoms with Gasteiger partial charge >= 0.3 is 12.4 Å². The lowest BCUT2D eigenvalue weighted by Crippen LogP contribution is -2.28. The lowest BCUT2D eigenvalue weighted by molar-refractivity contribution is -0.141. The van der Waals surface area contributed by atoms with Crippen LogP contribution in [0.2, 0.25) is 0 Å². The number of hydrogen-bond acceptors (Lipinski definition) is 5. The Bertz CT molecular complexity index is 1230. The van der Waals surface area contributed by atoms with Gasteiger partial charge in [-0.2, -0.15) is 26.3 Å². The first kappa shape index (κ1) is 27.7. The molecule has 1 saturated carbocycles. The van der Waals surface area contributed by atoms with Gasteiger partial charge in [-0.1, -0.05) is 30.0 Å². The molecule has 37 heavy (non-hydrogen) atoms. The van der Waals surface area contributed by atoms with E-state index in [1.165, 1.54) is 30.1 Å². The molecule has 5 rings (SSSR count). The van der Waals surface area contributed by atoms with Gasteiger partial charge in [0.15, 0.2) is 11.0 Å². The fourth-order valence-electron chi connectivity index (χ4n) is 5.01. The van der Waals surface area contributed by atoms with Gasteiger partial charge in [0.05, 0.1) is 5.56 Å². The van der Waals surface area contributed by atoms with Crippen LogP contribution in [0.4, 0.5) is 26.3 Å². The Balaban J connectivity index is 0.00000320. The summed E-state index contributed by atoms with van der Waals surface area (Å²) >= 11 is 1.53. The highest BCUT2D eigenvalue weighted by Gasteiger charge is 2.60. The standard InChI is InChI=1S/C24H23F6N5S.ClH/c1-34-20(15-3-5-16(6-4-15)23(25,26)27)32-33-21(34)36-10-2-9-35-13-18-11-22(18,14-35)17-7-8-19(31-12-17)24(28,29)30;/h3-8,12,18H,2,9-11,13-14H2,1H3;1H/t18-,22?;/m1./s1. The Morgan fingerprint density at radius 2 is 1.73 bits per heavy atom. The van der Waals surface area contributed by atoms with Crippen LogP contribution in [0.1, 0.15) is 29.7 Å². The Hall–Kier alpha value is -2.31. The van der Waals surface area contributed by atoms with E-state index >= 15 is 0 Å². The average Bonchev–Trinajstić information content (AvgIpc) is 3.20. The molecule has 2 fully saturated rings. The van der Waals surface area contributed by atoms with Gasteiger partial charge in [-0.3, -0.25) is 4.98 Å². The Kier molecular flexibility index (Phi) is 7.57. The van der Waals surface area contributed by atoms with Crippen LogP contribution >= 0.6 is 24.2 Å². The lowest BCUT2D eigenvalue weighted by atomic mass is 9.96. The molecule has 2 atom stereocenters. The van der Waals surface area contributed by atoms with Crippen LogP contribution in [-0.4, -0.2) is 50.0 Å². The molecule has 0 radical (unpaired) electrons. The molecule has 13 heteroatoms. The smallest absolute Gasteiger partial charge is 0.305 e. The van der Waals surface area contributed by atoms with Gasteiger partial charge in [0.2, 0.25) is 0 Å². The zero-order chi connectivity index (χ0) is 25.7. The molecule has 0 bridgehead atoms. The number of rotatable bonds is 7. The van der Waals surface area contributed by atoms with Gasteiger partial charge in [0.1, 0.15) is 5.69 Å². The van der Waals surface area contributed by atoms with Crippen LogP contribution in [0.25, 0.3) is 11.4 Å². The molecule has 2 aliphatic rings. The number of piperidine rings is 1. The molecule has 3 heterocycles. The van der Waals surface area contributed by atoms with Crippen molar-refractivity contribution in [3.63, 3.8) is 0 Å². The maximum Gasteiger partial charge on any atom is 0.433 e. The van der Waals surface area contributed by atoms with E-state index in [9.17, 15) is 26.3 Å². The van der Waals surface area contributed by atoms with Gasteiger partial charge in [0, 0.05) is 43.1 Å². The number of benzene rings is 1. The predicted molar refractivity (Wildman–Crippen MR) is 129 cm³/mol. The third-order valence-corrected chi connectivity index (χ3v) is 8.11. The van der Waals surface area contributed by atoms with Crippen LogP contribution < -0.4 is 0 Å². The number of halogens is 7. The summed E-state index contributed by atoms with van der Waals surface area (Å²) in [5.74, 6) is 1.74. The SMILES string of the molecule is Cl.Cn1c(SCCCN2C[C@H]3CC3(c3ccc(C(F)(F)F)nc3)C2)nnc1-c1ccc(C(F)(F)F)cc1. The first-order valence-electron chi connectivity index (χ1n) is 11.4. The topological polar surface area (TPSA) is 46.8 Å². The van der Waals surface area contributed by atoms with Crippen LogP contribution in [-0.2, 0) is 24.8 Å². The Morgan fingerprint density at radius 3 is 2.35 bits per heavy atom. The maximum atomic E-state index is 12.8. The van der Waals surface area contributed by atoms with Gasteiger partial charge in [-0.05, 0) is 49.1 Å². The van der Waals surface area contributed by atoms with Gasteiger partial charge in [-0.15, -0.1) is 22.6 Å². The fourth-order valence-corrected chi connectivity index (χ4v) is 5.85. The van der Waals surface area contributed by atoms with E-state index < -0.39 is 23.6 Å². The largest absolute Gasteiger partial charge is 0.433 e. The summed E-state index contributed by atoms with van der Waals surface area (Å²) in [4.78, 5) is 5.98. The Labute approximate surface area is 220 Å². The van der Waals surface area contributed by atoms with Gasteiger partial charge in [-0.25, -0.2) is 0 Å². The average molecular weight is 564 g/mol. The van der Waals surface area contributed by atoms with Crippen LogP contribution in [0, 0.1) is 5.92 Å². The number of alkyl halides is 6. The molecular weight excluding hydrogens is 540 g/mol. The minimum atomic E-state index is -4.43. The van der Waals surface area contributed by atoms with Crippen molar-refractivity contribution in [3.8, 4) is 11.4 Å². The molecule has 0 spiro atoms. The summed E-state index contributed by atoms with van der Waals surface area (Å²) < 4.78 is 78.6. The van der Waals surface area contributed by atoms with E-state index in [2.05, 4.69) is 20.1 Å². The van der Waals surface area contributed by atoms with E-state index in [-0.39, 0.29) is 17.8 Å². The highest BCUT2D eigenvalue weighted by molar-refractivity contribution is 7.99. The van der Waals surface area contributed by atoms with Crippen molar-refractivity contribution in [2.75, 3.05) is 25.4 Å². The number of nitrogens with zero attached hydrogens (tertiary/aromatic N) is 5. The van der Waals surface area contributed by atoms with E-state index in [0.29, 0.717) is 22.5 Å². The normalized spacial score (nSPS) is 21.5. The molecule has 3 aromatic rings. The zero-order valence-corrected chi connectivity index (χ0v) is 21.3. The number of fused-ring (bicyclic) bond motifs is 1. The predicted octanol–water partition coefficient (Wildman–Crippen LogP) is 6.09. The molecule has 1 saturated heterocycles.